The molecule has 0 radical (unpaired) electrons. The molecule has 0 spiro atoms. The summed E-state index contributed by atoms with van der Waals surface area (Å²) in [7, 11) is 0. The summed E-state index contributed by atoms with van der Waals surface area (Å²) in [4.78, 5) is 10.8. The van der Waals surface area contributed by atoms with E-state index in [0.29, 0.717) is 5.82 Å². The third kappa shape index (κ3) is 6.54. The zero-order valence-corrected chi connectivity index (χ0v) is 37.9. The van der Waals surface area contributed by atoms with Crippen molar-refractivity contribution in [2.75, 3.05) is 0 Å². The van der Waals surface area contributed by atoms with Crippen LogP contribution in [0.15, 0.2) is 255 Å². The SMILES string of the molecule is c1ccc(-c2cc(-c3cc(-c4ccccc4-c4ccc5sc6ccccc6c5c4)nc(-c4ccccc4)n3)cc(-c3cccc4c3-c3ccccc3C4(c3ccccc3)c3ccccc3)c2)cc1. The van der Waals surface area contributed by atoms with Crippen molar-refractivity contribution in [3.05, 3.63) is 277 Å². The van der Waals surface area contributed by atoms with Gasteiger partial charge in [0.05, 0.1) is 16.8 Å². The Morgan fingerprint density at radius 2 is 0.838 bits per heavy atom. The van der Waals surface area contributed by atoms with Crippen LogP contribution in [-0.2, 0) is 5.41 Å². The van der Waals surface area contributed by atoms with E-state index in [4.69, 9.17) is 9.97 Å². The Morgan fingerprint density at radius 1 is 0.294 bits per heavy atom. The molecule has 0 bridgehead atoms. The standard InChI is InChI=1S/C65H42N2S/c1-5-20-43(21-6-1)46-38-47(52-32-19-34-58-63(52)55-31-15-17-33-57(55)65(58,49-24-9-3-10-25-49)50-26-11-4-12-27-50)40-48(39-46)59-42-60(67-64(66-59)44-22-7-2-8-23-44)53-29-14-13-28-51(53)45-36-37-62-56(41-45)54-30-16-18-35-61(54)68-62/h1-42H. The highest BCUT2D eigenvalue weighted by Crippen LogP contribution is 2.58. The van der Waals surface area contributed by atoms with Crippen LogP contribution in [0, 0.1) is 0 Å². The number of hydrogen-bond donors (Lipinski definition) is 0. The summed E-state index contributed by atoms with van der Waals surface area (Å²) in [6.45, 7) is 0. The largest absolute Gasteiger partial charge is 0.228 e. The zero-order chi connectivity index (χ0) is 45.0. The maximum atomic E-state index is 5.44. The van der Waals surface area contributed by atoms with Gasteiger partial charge in [0.25, 0.3) is 0 Å². The average molecular weight is 883 g/mol. The predicted molar refractivity (Wildman–Crippen MR) is 285 cm³/mol. The molecule has 318 valence electrons. The zero-order valence-electron chi connectivity index (χ0n) is 37.1. The smallest absolute Gasteiger partial charge is 0.160 e. The second kappa shape index (κ2) is 16.4. The number of rotatable bonds is 8. The molecule has 0 unspecified atom stereocenters. The summed E-state index contributed by atoms with van der Waals surface area (Å²) >= 11 is 1.84. The lowest BCUT2D eigenvalue weighted by Gasteiger charge is -2.34. The van der Waals surface area contributed by atoms with Crippen LogP contribution >= 0.6 is 11.3 Å². The highest BCUT2D eigenvalue weighted by atomic mass is 32.1. The molecule has 13 rings (SSSR count). The van der Waals surface area contributed by atoms with E-state index in [1.165, 1.54) is 59.1 Å². The first kappa shape index (κ1) is 39.8. The third-order valence-corrected chi connectivity index (χ3v) is 14.9. The minimum Gasteiger partial charge on any atom is -0.228 e. The molecule has 1 aliphatic rings. The number of aromatic nitrogens is 2. The first-order valence-corrected chi connectivity index (χ1v) is 24.0. The molecule has 10 aromatic carbocycles. The summed E-state index contributed by atoms with van der Waals surface area (Å²) in [5.41, 5.74) is 18.7. The molecule has 2 aromatic heterocycles. The van der Waals surface area contributed by atoms with E-state index in [-0.39, 0.29) is 0 Å². The normalized spacial score (nSPS) is 12.5. The fraction of sp³-hybridized carbons (Fsp3) is 0.0154. The lowest BCUT2D eigenvalue weighted by molar-refractivity contribution is 0.768. The molecule has 2 nitrogen and oxygen atoms in total. The fourth-order valence-electron chi connectivity index (χ4n) is 10.8. The summed E-state index contributed by atoms with van der Waals surface area (Å²) in [5.74, 6) is 0.684. The number of nitrogens with zero attached hydrogens (tertiary/aromatic N) is 2. The molecular weight excluding hydrogens is 841 g/mol. The topological polar surface area (TPSA) is 25.8 Å². The van der Waals surface area contributed by atoms with Crippen molar-refractivity contribution in [3.8, 4) is 78.4 Å². The van der Waals surface area contributed by atoms with Crippen LogP contribution in [0.4, 0.5) is 0 Å². The summed E-state index contributed by atoms with van der Waals surface area (Å²) in [6.07, 6.45) is 0. The van der Waals surface area contributed by atoms with Crippen LogP contribution < -0.4 is 0 Å². The Labute approximate surface area is 400 Å². The summed E-state index contributed by atoms with van der Waals surface area (Å²) in [6, 6.07) is 92.5. The Balaban J connectivity index is 1.04. The van der Waals surface area contributed by atoms with Crippen LogP contribution in [0.5, 0.6) is 0 Å². The van der Waals surface area contributed by atoms with Gasteiger partial charge < -0.3 is 0 Å². The molecule has 2 heterocycles. The lowest BCUT2D eigenvalue weighted by Crippen LogP contribution is -2.28. The molecular formula is C65H42N2S. The lowest BCUT2D eigenvalue weighted by atomic mass is 9.67. The van der Waals surface area contributed by atoms with Crippen molar-refractivity contribution in [1.82, 2.24) is 9.97 Å². The molecule has 68 heavy (non-hydrogen) atoms. The minimum atomic E-state index is -0.509. The van der Waals surface area contributed by atoms with Crippen molar-refractivity contribution in [2.24, 2.45) is 0 Å². The van der Waals surface area contributed by atoms with E-state index in [2.05, 4.69) is 249 Å². The Morgan fingerprint density at radius 3 is 1.59 bits per heavy atom. The second-order valence-electron chi connectivity index (χ2n) is 17.6. The van der Waals surface area contributed by atoms with E-state index in [0.717, 1.165) is 55.9 Å². The van der Waals surface area contributed by atoms with Gasteiger partial charge in [-0.25, -0.2) is 9.97 Å². The summed E-state index contributed by atoms with van der Waals surface area (Å²) < 4.78 is 2.59. The first-order chi connectivity index (χ1) is 33.7. The van der Waals surface area contributed by atoms with Crippen molar-refractivity contribution >= 4 is 31.5 Å². The molecule has 0 atom stereocenters. The van der Waals surface area contributed by atoms with E-state index >= 15 is 0 Å². The van der Waals surface area contributed by atoms with Crippen LogP contribution in [0.1, 0.15) is 22.3 Å². The van der Waals surface area contributed by atoms with E-state index in [1.54, 1.807) is 0 Å². The van der Waals surface area contributed by atoms with Gasteiger partial charge in [-0.3, -0.25) is 0 Å². The van der Waals surface area contributed by atoms with Gasteiger partial charge in [0.2, 0.25) is 0 Å². The van der Waals surface area contributed by atoms with Gasteiger partial charge in [0.15, 0.2) is 5.82 Å². The molecule has 0 N–H and O–H groups in total. The Kier molecular flexibility index (Phi) is 9.62. The van der Waals surface area contributed by atoms with Crippen molar-refractivity contribution in [1.29, 1.82) is 0 Å². The van der Waals surface area contributed by atoms with Crippen LogP contribution in [0.3, 0.4) is 0 Å². The maximum absolute atomic E-state index is 5.44. The van der Waals surface area contributed by atoms with Gasteiger partial charge in [-0.2, -0.15) is 0 Å². The van der Waals surface area contributed by atoms with Gasteiger partial charge in [-0.05, 0) is 109 Å². The van der Waals surface area contributed by atoms with Gasteiger partial charge >= 0.3 is 0 Å². The second-order valence-corrected chi connectivity index (χ2v) is 18.7. The number of thiophene rings is 1. The van der Waals surface area contributed by atoms with Crippen LogP contribution in [0.25, 0.3) is 98.6 Å². The number of hydrogen-bond acceptors (Lipinski definition) is 3. The molecule has 0 saturated carbocycles. The van der Waals surface area contributed by atoms with Crippen molar-refractivity contribution < 1.29 is 0 Å². The molecule has 1 aliphatic carbocycles. The van der Waals surface area contributed by atoms with E-state index in [1.807, 2.05) is 17.4 Å². The molecule has 0 fully saturated rings. The number of benzene rings is 10. The van der Waals surface area contributed by atoms with Crippen LogP contribution in [0.2, 0.25) is 0 Å². The van der Waals surface area contributed by atoms with Gasteiger partial charge in [-0.15, -0.1) is 11.3 Å². The predicted octanol–water partition coefficient (Wildman–Crippen LogP) is 17.2. The number of fused-ring (bicyclic) bond motifs is 6. The highest BCUT2D eigenvalue weighted by molar-refractivity contribution is 7.25. The molecule has 0 saturated heterocycles. The first-order valence-electron chi connectivity index (χ1n) is 23.2. The van der Waals surface area contributed by atoms with Gasteiger partial charge in [-0.1, -0.05) is 212 Å². The quantitative estimate of drug-likeness (QED) is 0.152. The highest BCUT2D eigenvalue weighted by Gasteiger charge is 2.46. The van der Waals surface area contributed by atoms with E-state index in [9.17, 15) is 0 Å². The summed E-state index contributed by atoms with van der Waals surface area (Å²) in [5, 5.41) is 2.56. The molecule has 3 heteroatoms. The molecule has 0 aliphatic heterocycles. The van der Waals surface area contributed by atoms with Crippen LogP contribution in [-0.4, -0.2) is 9.97 Å². The molecule has 12 aromatic rings. The monoisotopic (exact) mass is 882 g/mol. The fourth-order valence-corrected chi connectivity index (χ4v) is 11.8. The minimum absolute atomic E-state index is 0.509. The molecule has 0 amide bonds. The maximum Gasteiger partial charge on any atom is 0.160 e. The Hall–Kier alpha value is -8.50. The van der Waals surface area contributed by atoms with Crippen molar-refractivity contribution in [2.45, 2.75) is 5.41 Å². The average Bonchev–Trinajstić information content (AvgIpc) is 3.95. The van der Waals surface area contributed by atoms with Crippen molar-refractivity contribution in [3.63, 3.8) is 0 Å². The van der Waals surface area contributed by atoms with Gasteiger partial charge in [0.1, 0.15) is 0 Å². The van der Waals surface area contributed by atoms with Gasteiger partial charge in [0, 0.05) is 36.9 Å². The third-order valence-electron chi connectivity index (χ3n) is 13.8. The Bertz CT molecular complexity index is 3800. The van der Waals surface area contributed by atoms with E-state index < -0.39 is 5.41 Å².